The Hall–Kier alpha value is -5.13. The molecule has 2 aromatic carbocycles. The van der Waals surface area contributed by atoms with Gasteiger partial charge in [-0.2, -0.15) is 5.26 Å². The predicted molar refractivity (Wildman–Crippen MR) is 126 cm³/mol. The van der Waals surface area contributed by atoms with Crippen LogP contribution in [0, 0.1) is 31.6 Å². The van der Waals surface area contributed by atoms with E-state index in [9.17, 15) is 35.1 Å². The number of nitro groups is 2. The summed E-state index contributed by atoms with van der Waals surface area (Å²) in [4.78, 5) is 46.0. The van der Waals surface area contributed by atoms with Gasteiger partial charge in [0.2, 0.25) is 5.91 Å². The Bertz CT molecular complexity index is 1290. The number of esters is 1. The highest BCUT2D eigenvalue weighted by molar-refractivity contribution is 5.94. The lowest BCUT2D eigenvalue weighted by atomic mass is 10.1. The van der Waals surface area contributed by atoms with Gasteiger partial charge in [0.15, 0.2) is 5.69 Å². The number of ether oxygens (including phenoxy) is 2. The quantitative estimate of drug-likeness (QED) is 0.217. The number of carbonyl (C=O) groups excluding carboxylic acids is 2. The molecule has 0 aliphatic carbocycles. The maximum Gasteiger partial charge on any atom is 0.325 e. The molecule has 0 saturated carbocycles. The number of rotatable bonds is 10. The molecule has 2 rings (SSSR count). The van der Waals surface area contributed by atoms with Gasteiger partial charge in [-0.3, -0.25) is 29.8 Å². The molecule has 1 amide bonds. The van der Waals surface area contributed by atoms with Crippen molar-refractivity contribution in [2.45, 2.75) is 13.8 Å². The van der Waals surface area contributed by atoms with Gasteiger partial charge in [-0.25, -0.2) is 0 Å². The third kappa shape index (κ3) is 6.26. The smallest absolute Gasteiger partial charge is 0.325 e. The maximum absolute atomic E-state index is 11.8. The van der Waals surface area contributed by atoms with E-state index in [1.807, 2.05) is 0 Å². The van der Waals surface area contributed by atoms with Gasteiger partial charge >= 0.3 is 11.7 Å². The van der Waals surface area contributed by atoms with Crippen LogP contribution in [0.2, 0.25) is 0 Å². The van der Waals surface area contributed by atoms with E-state index in [4.69, 9.17) is 9.47 Å². The van der Waals surface area contributed by atoms with Crippen molar-refractivity contribution in [2.75, 3.05) is 37.5 Å². The van der Waals surface area contributed by atoms with Gasteiger partial charge < -0.3 is 19.7 Å². The number of nitriles is 1. The zero-order valence-corrected chi connectivity index (χ0v) is 19.7. The Kier molecular flexibility index (Phi) is 8.91. The molecule has 0 aliphatic heterocycles. The summed E-state index contributed by atoms with van der Waals surface area (Å²) in [6, 6.07) is 5.98. The lowest BCUT2D eigenvalue weighted by molar-refractivity contribution is -0.393. The van der Waals surface area contributed by atoms with Gasteiger partial charge in [-0.1, -0.05) is 0 Å². The lowest BCUT2D eigenvalue weighted by Gasteiger charge is -2.25. The number of amides is 1. The molecule has 15 heteroatoms. The third-order valence-corrected chi connectivity index (χ3v) is 4.74. The van der Waals surface area contributed by atoms with Crippen molar-refractivity contribution >= 4 is 46.0 Å². The number of non-ortho nitro benzene ring substituents is 1. The van der Waals surface area contributed by atoms with E-state index in [0.717, 1.165) is 6.07 Å². The van der Waals surface area contributed by atoms with Crippen molar-refractivity contribution in [1.29, 1.82) is 5.26 Å². The highest BCUT2D eigenvalue weighted by Crippen LogP contribution is 2.41. The van der Waals surface area contributed by atoms with Crippen LogP contribution in [-0.4, -0.2) is 49.0 Å². The molecule has 0 radical (unpaired) electrons. The highest BCUT2D eigenvalue weighted by Gasteiger charge is 2.25. The fraction of sp³-hybridized carbons (Fsp3) is 0.286. The molecule has 0 fully saturated rings. The number of nitro benzene ring substituents is 2. The summed E-state index contributed by atoms with van der Waals surface area (Å²) in [6.07, 6.45) is 0. The molecule has 36 heavy (non-hydrogen) atoms. The van der Waals surface area contributed by atoms with Crippen LogP contribution in [-0.2, 0) is 14.3 Å². The van der Waals surface area contributed by atoms with Crippen molar-refractivity contribution in [3.8, 4) is 11.8 Å². The van der Waals surface area contributed by atoms with Crippen LogP contribution in [0.25, 0.3) is 0 Å². The molecular formula is C21H21N7O8. The molecule has 0 spiro atoms. The first-order chi connectivity index (χ1) is 17.1. The Morgan fingerprint density at radius 3 is 2.33 bits per heavy atom. The second kappa shape index (κ2) is 11.8. The molecule has 0 saturated heterocycles. The SMILES string of the molecule is CCN(CC(=O)OC)c1cc(NC(C)=O)c(/N=N/c2c(C#N)cc([N+](=O)[O-])cc2[N+](=O)[O-])cc1OC. The van der Waals surface area contributed by atoms with Crippen LogP contribution in [0.3, 0.4) is 0 Å². The first kappa shape index (κ1) is 27.1. The third-order valence-electron chi connectivity index (χ3n) is 4.74. The summed E-state index contributed by atoms with van der Waals surface area (Å²) in [5, 5.41) is 42.3. The van der Waals surface area contributed by atoms with E-state index in [2.05, 4.69) is 15.5 Å². The molecule has 0 bridgehead atoms. The summed E-state index contributed by atoms with van der Waals surface area (Å²) in [5.41, 5.74) is -1.89. The Balaban J connectivity index is 2.71. The van der Waals surface area contributed by atoms with Crippen molar-refractivity contribution in [3.63, 3.8) is 0 Å². The van der Waals surface area contributed by atoms with Crippen LogP contribution in [0.1, 0.15) is 19.4 Å². The standard InChI is InChI=1S/C21H21N7O8/c1-5-26(11-20(30)36-4)17-8-15(23-12(2)29)16(9-19(17)35-3)24-25-21-13(10-22)6-14(27(31)32)7-18(21)28(33)34/h6-9H,5,11H2,1-4H3,(H,23,29)/b25-24+. The molecule has 2 aromatic rings. The summed E-state index contributed by atoms with van der Waals surface area (Å²) < 4.78 is 10.1. The molecule has 15 nitrogen and oxygen atoms in total. The maximum atomic E-state index is 11.8. The van der Waals surface area contributed by atoms with Gasteiger partial charge in [-0.15, -0.1) is 10.2 Å². The van der Waals surface area contributed by atoms with E-state index in [1.165, 1.54) is 33.3 Å². The summed E-state index contributed by atoms with van der Waals surface area (Å²) in [6.45, 7) is 3.27. The lowest BCUT2D eigenvalue weighted by Crippen LogP contribution is -2.30. The van der Waals surface area contributed by atoms with Crippen LogP contribution < -0.4 is 15.0 Å². The van der Waals surface area contributed by atoms with Crippen molar-refractivity contribution in [1.82, 2.24) is 0 Å². The van der Waals surface area contributed by atoms with Crippen molar-refractivity contribution < 1.29 is 28.9 Å². The number of hydrogen-bond donors (Lipinski definition) is 1. The number of benzene rings is 2. The highest BCUT2D eigenvalue weighted by atomic mass is 16.6. The van der Waals surface area contributed by atoms with Gasteiger partial charge in [-0.05, 0) is 13.0 Å². The average Bonchev–Trinajstić information content (AvgIpc) is 2.84. The number of azo groups is 1. The number of hydrogen-bond acceptors (Lipinski definition) is 12. The number of nitrogens with zero attached hydrogens (tertiary/aromatic N) is 6. The van der Waals surface area contributed by atoms with E-state index in [1.54, 1.807) is 17.9 Å². The Labute approximate surface area is 204 Å². The van der Waals surface area contributed by atoms with Crippen LogP contribution in [0.4, 0.5) is 34.1 Å². The average molecular weight is 499 g/mol. The Morgan fingerprint density at radius 1 is 1.14 bits per heavy atom. The number of likely N-dealkylation sites (N-methyl/N-ethyl adjacent to an activating group) is 1. The molecule has 0 aliphatic rings. The zero-order chi connectivity index (χ0) is 27.0. The van der Waals surface area contributed by atoms with E-state index in [0.29, 0.717) is 18.3 Å². The fourth-order valence-electron chi connectivity index (χ4n) is 3.07. The molecule has 1 N–H and O–H groups in total. The minimum absolute atomic E-state index is 0.00328. The van der Waals surface area contributed by atoms with Gasteiger partial charge in [0.1, 0.15) is 24.1 Å². The van der Waals surface area contributed by atoms with Gasteiger partial charge in [0.25, 0.3) is 5.69 Å². The summed E-state index contributed by atoms with van der Waals surface area (Å²) in [5.74, 6) is -0.765. The summed E-state index contributed by atoms with van der Waals surface area (Å²) in [7, 11) is 2.60. The van der Waals surface area contributed by atoms with Gasteiger partial charge in [0, 0.05) is 25.6 Å². The first-order valence-corrected chi connectivity index (χ1v) is 10.2. The van der Waals surface area contributed by atoms with Gasteiger partial charge in [0.05, 0.1) is 47.1 Å². The second-order valence-electron chi connectivity index (χ2n) is 7.00. The summed E-state index contributed by atoms with van der Waals surface area (Å²) >= 11 is 0. The topological polar surface area (TPSA) is 203 Å². The van der Waals surface area contributed by atoms with E-state index in [-0.39, 0.29) is 23.7 Å². The zero-order valence-electron chi connectivity index (χ0n) is 19.7. The minimum Gasteiger partial charge on any atom is -0.494 e. The minimum atomic E-state index is -0.924. The number of nitrogens with one attached hydrogen (secondary N) is 1. The Morgan fingerprint density at radius 2 is 1.83 bits per heavy atom. The van der Waals surface area contributed by atoms with Crippen molar-refractivity contribution in [2.24, 2.45) is 10.2 Å². The van der Waals surface area contributed by atoms with Crippen LogP contribution in [0.5, 0.6) is 5.75 Å². The van der Waals surface area contributed by atoms with Crippen molar-refractivity contribution in [3.05, 3.63) is 50.1 Å². The number of carbonyl (C=O) groups is 2. The largest absolute Gasteiger partial charge is 0.494 e. The van der Waals surface area contributed by atoms with Crippen LogP contribution >= 0.6 is 0 Å². The molecular weight excluding hydrogens is 478 g/mol. The normalized spacial score (nSPS) is 10.4. The van der Waals surface area contributed by atoms with E-state index < -0.39 is 44.3 Å². The molecule has 0 aromatic heterocycles. The van der Waals surface area contributed by atoms with Crippen LogP contribution in [0.15, 0.2) is 34.5 Å². The number of methoxy groups -OCH3 is 2. The molecule has 0 unspecified atom stereocenters. The van der Waals surface area contributed by atoms with E-state index >= 15 is 0 Å². The fourth-order valence-corrected chi connectivity index (χ4v) is 3.07. The predicted octanol–water partition coefficient (Wildman–Crippen LogP) is 3.76. The molecule has 0 heterocycles. The molecule has 0 atom stereocenters. The second-order valence-corrected chi connectivity index (χ2v) is 7.00. The molecule has 188 valence electrons. The number of anilines is 2. The monoisotopic (exact) mass is 499 g/mol. The first-order valence-electron chi connectivity index (χ1n) is 10.2.